The van der Waals surface area contributed by atoms with E-state index in [1.54, 1.807) is 0 Å². The van der Waals surface area contributed by atoms with E-state index in [0.29, 0.717) is 0 Å². The number of carboxylic acid groups (broad SMARTS) is 1. The summed E-state index contributed by atoms with van der Waals surface area (Å²) in [4.78, 5) is 22.7. The molecule has 4 nitrogen and oxygen atoms in total. The highest BCUT2D eigenvalue weighted by atomic mass is 16.4. The summed E-state index contributed by atoms with van der Waals surface area (Å²) >= 11 is 0. The topological polar surface area (TPSA) is 66.4 Å². The second kappa shape index (κ2) is 5.32. The lowest BCUT2D eigenvalue weighted by Crippen LogP contribution is -2.46. The molecular formula is C12H21NO3. The molecule has 16 heavy (non-hydrogen) atoms. The van der Waals surface area contributed by atoms with E-state index in [1.165, 1.54) is 19.8 Å². The highest BCUT2D eigenvalue weighted by Crippen LogP contribution is 2.34. The van der Waals surface area contributed by atoms with E-state index in [9.17, 15) is 9.59 Å². The molecule has 1 fully saturated rings. The van der Waals surface area contributed by atoms with Gasteiger partial charge in [0.2, 0.25) is 5.91 Å². The lowest BCUT2D eigenvalue weighted by Gasteiger charge is -2.27. The number of amides is 1. The summed E-state index contributed by atoms with van der Waals surface area (Å²) in [5.41, 5.74) is -0.375. The third-order valence-electron chi connectivity index (χ3n) is 3.47. The van der Waals surface area contributed by atoms with Gasteiger partial charge in [-0.25, -0.2) is 0 Å². The summed E-state index contributed by atoms with van der Waals surface area (Å²) < 4.78 is 0. The lowest BCUT2D eigenvalue weighted by molar-refractivity contribution is -0.143. The van der Waals surface area contributed by atoms with Crippen molar-refractivity contribution in [2.75, 3.05) is 0 Å². The molecule has 0 bridgehead atoms. The van der Waals surface area contributed by atoms with Crippen molar-refractivity contribution in [2.24, 2.45) is 5.41 Å². The molecule has 0 heterocycles. The third-order valence-corrected chi connectivity index (χ3v) is 3.47. The van der Waals surface area contributed by atoms with Gasteiger partial charge in [-0.05, 0) is 19.8 Å². The normalized spacial score (nSPS) is 21.9. The molecule has 0 saturated heterocycles. The maximum Gasteiger partial charge on any atom is 0.325 e. The van der Waals surface area contributed by atoms with Crippen LogP contribution in [0.1, 0.15) is 52.4 Å². The Bertz CT molecular complexity index is 267. The van der Waals surface area contributed by atoms with Crippen molar-refractivity contribution < 1.29 is 14.7 Å². The van der Waals surface area contributed by atoms with Crippen LogP contribution in [0.25, 0.3) is 0 Å². The van der Waals surface area contributed by atoms with Gasteiger partial charge in [0.25, 0.3) is 0 Å². The Morgan fingerprint density at radius 2 is 1.69 bits per heavy atom. The Balaban J connectivity index is 2.59. The third kappa shape index (κ3) is 3.22. The summed E-state index contributed by atoms with van der Waals surface area (Å²) in [5, 5.41) is 11.3. The first kappa shape index (κ1) is 13.0. The molecule has 2 N–H and O–H groups in total. The van der Waals surface area contributed by atoms with Crippen molar-refractivity contribution in [2.45, 2.75) is 58.4 Å². The van der Waals surface area contributed by atoms with Crippen LogP contribution in [-0.2, 0) is 9.59 Å². The summed E-state index contributed by atoms with van der Waals surface area (Å²) in [5.74, 6) is -1.09. The van der Waals surface area contributed by atoms with Crippen LogP contribution < -0.4 is 5.32 Å². The molecule has 1 aliphatic rings. The van der Waals surface area contributed by atoms with E-state index < -0.39 is 12.0 Å². The molecular weight excluding hydrogens is 206 g/mol. The van der Waals surface area contributed by atoms with Gasteiger partial charge in [-0.3, -0.25) is 9.59 Å². The van der Waals surface area contributed by atoms with Gasteiger partial charge in [0.1, 0.15) is 6.04 Å². The number of aliphatic carboxylic acids is 1. The summed E-state index contributed by atoms with van der Waals surface area (Å²) in [6.07, 6.45) is 6.21. The maximum atomic E-state index is 12.0. The minimum atomic E-state index is -0.981. The van der Waals surface area contributed by atoms with Crippen molar-refractivity contribution in [1.29, 1.82) is 0 Å². The predicted molar refractivity (Wildman–Crippen MR) is 61.0 cm³/mol. The summed E-state index contributed by atoms with van der Waals surface area (Å²) in [7, 11) is 0. The van der Waals surface area contributed by atoms with E-state index in [1.807, 2.05) is 6.92 Å². The number of rotatable bonds is 3. The van der Waals surface area contributed by atoms with Gasteiger partial charge in [-0.15, -0.1) is 0 Å². The van der Waals surface area contributed by atoms with Crippen LogP contribution in [0.2, 0.25) is 0 Å². The van der Waals surface area contributed by atoms with E-state index >= 15 is 0 Å². The Kier molecular flexibility index (Phi) is 4.33. The van der Waals surface area contributed by atoms with Crippen molar-refractivity contribution in [3.05, 3.63) is 0 Å². The van der Waals surface area contributed by atoms with Crippen LogP contribution >= 0.6 is 0 Å². The number of hydrogen-bond acceptors (Lipinski definition) is 2. The molecule has 0 spiro atoms. The van der Waals surface area contributed by atoms with E-state index in [-0.39, 0.29) is 11.3 Å². The molecule has 0 aromatic carbocycles. The molecule has 1 aliphatic carbocycles. The fourth-order valence-electron chi connectivity index (χ4n) is 2.17. The predicted octanol–water partition coefficient (Wildman–Crippen LogP) is 1.94. The zero-order valence-electron chi connectivity index (χ0n) is 10.1. The Morgan fingerprint density at radius 3 is 2.12 bits per heavy atom. The van der Waals surface area contributed by atoms with Gasteiger partial charge in [-0.2, -0.15) is 0 Å². The second-order valence-electron chi connectivity index (χ2n) is 5.01. The minimum absolute atomic E-state index is 0.107. The number of carbonyl (C=O) groups is 2. The van der Waals surface area contributed by atoms with Gasteiger partial charge in [0.05, 0.1) is 0 Å². The first-order chi connectivity index (χ1) is 7.46. The van der Waals surface area contributed by atoms with Crippen molar-refractivity contribution in [3.8, 4) is 0 Å². The zero-order chi connectivity index (χ0) is 12.2. The van der Waals surface area contributed by atoms with Crippen LogP contribution in [-0.4, -0.2) is 23.0 Å². The molecule has 0 aliphatic heterocycles. The van der Waals surface area contributed by atoms with E-state index in [2.05, 4.69) is 5.32 Å². The van der Waals surface area contributed by atoms with Crippen molar-refractivity contribution in [1.82, 2.24) is 5.32 Å². The number of carboxylic acids is 1. The SMILES string of the molecule is C[C@@H](NC(=O)C1(C)CCCCCC1)C(=O)O. The first-order valence-corrected chi connectivity index (χ1v) is 5.99. The lowest BCUT2D eigenvalue weighted by atomic mass is 9.81. The van der Waals surface area contributed by atoms with Crippen LogP contribution in [0.5, 0.6) is 0 Å². The van der Waals surface area contributed by atoms with E-state index in [4.69, 9.17) is 5.11 Å². The monoisotopic (exact) mass is 227 g/mol. The molecule has 0 aromatic heterocycles. The fraction of sp³-hybridized carbons (Fsp3) is 0.833. The summed E-state index contributed by atoms with van der Waals surface area (Å²) in [6, 6.07) is -0.799. The average molecular weight is 227 g/mol. The molecule has 4 heteroatoms. The number of nitrogens with one attached hydrogen (secondary N) is 1. The van der Waals surface area contributed by atoms with Crippen LogP contribution in [0.15, 0.2) is 0 Å². The molecule has 92 valence electrons. The standard InChI is InChI=1S/C12H21NO3/c1-9(10(14)15)13-11(16)12(2)7-5-3-4-6-8-12/h9H,3-8H2,1-2H3,(H,13,16)(H,14,15)/t9-/m1/s1. The van der Waals surface area contributed by atoms with Gasteiger partial charge in [-0.1, -0.05) is 32.6 Å². The van der Waals surface area contributed by atoms with Crippen LogP contribution in [0.4, 0.5) is 0 Å². The zero-order valence-corrected chi connectivity index (χ0v) is 10.1. The average Bonchev–Trinajstić information content (AvgIpc) is 2.43. The number of carbonyl (C=O) groups excluding carboxylic acids is 1. The molecule has 0 unspecified atom stereocenters. The maximum absolute atomic E-state index is 12.0. The Labute approximate surface area is 96.4 Å². The minimum Gasteiger partial charge on any atom is -0.480 e. The Morgan fingerprint density at radius 1 is 1.19 bits per heavy atom. The largest absolute Gasteiger partial charge is 0.480 e. The molecule has 1 atom stereocenters. The molecule has 0 aromatic rings. The van der Waals surface area contributed by atoms with Gasteiger partial charge >= 0.3 is 5.97 Å². The quantitative estimate of drug-likeness (QED) is 0.724. The molecule has 1 amide bonds. The van der Waals surface area contributed by atoms with Crippen molar-refractivity contribution >= 4 is 11.9 Å². The van der Waals surface area contributed by atoms with Gasteiger partial charge in [0, 0.05) is 5.41 Å². The smallest absolute Gasteiger partial charge is 0.325 e. The highest BCUT2D eigenvalue weighted by Gasteiger charge is 2.34. The second-order valence-corrected chi connectivity index (χ2v) is 5.01. The van der Waals surface area contributed by atoms with Gasteiger partial charge in [0.15, 0.2) is 0 Å². The highest BCUT2D eigenvalue weighted by molar-refractivity contribution is 5.86. The van der Waals surface area contributed by atoms with E-state index in [0.717, 1.165) is 25.7 Å². The molecule has 1 saturated carbocycles. The molecule has 1 rings (SSSR count). The first-order valence-electron chi connectivity index (χ1n) is 5.99. The summed E-state index contributed by atoms with van der Waals surface area (Å²) in [6.45, 7) is 3.45. The fourth-order valence-corrected chi connectivity index (χ4v) is 2.17. The van der Waals surface area contributed by atoms with Crippen LogP contribution in [0.3, 0.4) is 0 Å². The Hall–Kier alpha value is -1.06. The van der Waals surface area contributed by atoms with Gasteiger partial charge < -0.3 is 10.4 Å². The van der Waals surface area contributed by atoms with Crippen molar-refractivity contribution in [3.63, 3.8) is 0 Å². The number of hydrogen-bond donors (Lipinski definition) is 2. The molecule has 0 radical (unpaired) electrons. The van der Waals surface area contributed by atoms with Crippen LogP contribution in [0, 0.1) is 5.41 Å².